The Hall–Kier alpha value is -4.56. The fourth-order valence-corrected chi connectivity index (χ4v) is 7.06. The van der Waals surface area contributed by atoms with Gasteiger partial charge < -0.3 is 55.6 Å². The van der Waals surface area contributed by atoms with Crippen molar-refractivity contribution in [3.05, 3.63) is 29.7 Å². The fourth-order valence-electron chi connectivity index (χ4n) is 6.65. The number of aromatic nitrogens is 2. The predicted octanol–water partition coefficient (Wildman–Crippen LogP) is 3.63. The summed E-state index contributed by atoms with van der Waals surface area (Å²) in [5.74, 6) is -7.85. The van der Waals surface area contributed by atoms with E-state index >= 15 is 0 Å². The number of carbonyl (C=O) groups is 6. The minimum absolute atomic E-state index is 0.0744. The Kier molecular flexibility index (Phi) is 26.4. The highest BCUT2D eigenvalue weighted by Gasteiger charge is 2.44. The van der Waals surface area contributed by atoms with Gasteiger partial charge in [0.2, 0.25) is 17.7 Å². The van der Waals surface area contributed by atoms with E-state index in [9.17, 15) is 53.3 Å². The standard InChI is InChI=1S/C41H69N6O15P/c1-3-4-5-6-7-8-9-10-11-12-13-14-15-18-23-59-32(36-35(50)37(41(55)61-36)62-63(56,57)58)26-60-34(49)21-20-33(48)45-28(2)38(51)47-31(24-29-25-43-27-44-29)39(52)46-30(40(53)54)19-16-17-22-42/h25,27-28,30-32,36,50H,3-24,26,42H2,1-2H3,(H,43,44)(H,45,48)(H,46,52)(H,47,51)(H,53,54)(H2,56,57,58). The van der Waals surface area contributed by atoms with Gasteiger partial charge in [0.1, 0.15) is 30.8 Å². The summed E-state index contributed by atoms with van der Waals surface area (Å²) in [5.41, 5.74) is 5.96. The Balaban J connectivity index is 1.89. The molecule has 0 radical (unpaired) electrons. The number of aliphatic hydroxyl groups is 1. The number of phosphoric acid groups is 1. The molecule has 1 aliphatic rings. The Morgan fingerprint density at radius 3 is 2.03 bits per heavy atom. The van der Waals surface area contributed by atoms with Crippen LogP contribution in [0.3, 0.4) is 0 Å². The number of carboxylic acids is 1. The molecule has 0 bridgehead atoms. The minimum Gasteiger partial charge on any atom is -0.505 e. The van der Waals surface area contributed by atoms with Crippen molar-refractivity contribution in [2.75, 3.05) is 19.8 Å². The number of amides is 3. The number of aliphatic carboxylic acids is 1. The Morgan fingerprint density at radius 2 is 1.48 bits per heavy atom. The Labute approximate surface area is 368 Å². The quantitative estimate of drug-likeness (QED) is 0.0264. The van der Waals surface area contributed by atoms with Crippen LogP contribution in [-0.4, -0.2) is 116 Å². The molecule has 5 atom stereocenters. The van der Waals surface area contributed by atoms with Crippen molar-refractivity contribution in [3.8, 4) is 0 Å². The van der Waals surface area contributed by atoms with Crippen molar-refractivity contribution in [1.29, 1.82) is 0 Å². The van der Waals surface area contributed by atoms with E-state index in [2.05, 4.69) is 37.4 Å². The molecule has 10 N–H and O–H groups in total. The van der Waals surface area contributed by atoms with E-state index in [-0.39, 0.29) is 19.4 Å². The van der Waals surface area contributed by atoms with Gasteiger partial charge in [0.05, 0.1) is 12.7 Å². The summed E-state index contributed by atoms with van der Waals surface area (Å²) in [6.45, 7) is 3.43. The van der Waals surface area contributed by atoms with E-state index in [0.717, 1.165) is 25.7 Å². The number of aliphatic hydroxyl groups excluding tert-OH is 1. The number of cyclic esters (lactones) is 1. The van der Waals surface area contributed by atoms with E-state index in [1.54, 1.807) is 0 Å². The van der Waals surface area contributed by atoms with Crippen molar-refractivity contribution in [1.82, 2.24) is 25.9 Å². The summed E-state index contributed by atoms with van der Waals surface area (Å²) in [6.07, 6.45) is 15.9. The Morgan fingerprint density at radius 1 is 0.873 bits per heavy atom. The van der Waals surface area contributed by atoms with E-state index < -0.39 is 105 Å². The summed E-state index contributed by atoms with van der Waals surface area (Å²) in [4.78, 5) is 101. The largest absolute Gasteiger partial charge is 0.525 e. The number of rotatable bonds is 36. The highest BCUT2D eigenvalue weighted by molar-refractivity contribution is 7.46. The lowest BCUT2D eigenvalue weighted by Gasteiger charge is -2.23. The first-order chi connectivity index (χ1) is 30.1. The lowest BCUT2D eigenvalue weighted by atomic mass is 10.0. The fraction of sp³-hybridized carbons (Fsp3) is 0.732. The third-order valence-electron chi connectivity index (χ3n) is 10.2. The number of unbranched alkanes of at least 4 members (excludes halogenated alkanes) is 14. The van der Waals surface area contributed by atoms with Crippen LogP contribution in [-0.2, 0) is 58.5 Å². The van der Waals surface area contributed by atoms with Crippen molar-refractivity contribution in [3.63, 3.8) is 0 Å². The van der Waals surface area contributed by atoms with Gasteiger partial charge in [-0.3, -0.25) is 29.0 Å². The molecule has 21 nitrogen and oxygen atoms in total. The van der Waals surface area contributed by atoms with Gasteiger partial charge in [-0.05, 0) is 39.2 Å². The van der Waals surface area contributed by atoms with Crippen LogP contribution in [0.25, 0.3) is 0 Å². The number of nitrogens with zero attached hydrogens (tertiary/aromatic N) is 1. The molecule has 2 heterocycles. The van der Waals surface area contributed by atoms with Crippen molar-refractivity contribution >= 4 is 43.5 Å². The molecule has 3 amide bonds. The smallest absolute Gasteiger partial charge is 0.505 e. The third-order valence-corrected chi connectivity index (χ3v) is 10.6. The third kappa shape index (κ3) is 23.1. The highest BCUT2D eigenvalue weighted by Crippen LogP contribution is 2.42. The molecular weight excluding hydrogens is 847 g/mol. The van der Waals surface area contributed by atoms with Crippen LogP contribution < -0.4 is 21.7 Å². The number of esters is 2. The van der Waals surface area contributed by atoms with Gasteiger partial charge in [-0.1, -0.05) is 90.4 Å². The minimum atomic E-state index is -5.26. The van der Waals surface area contributed by atoms with Crippen molar-refractivity contribution in [2.45, 2.75) is 173 Å². The molecule has 0 saturated carbocycles. The van der Waals surface area contributed by atoms with Gasteiger partial charge in [0, 0.05) is 31.3 Å². The molecule has 0 spiro atoms. The molecule has 63 heavy (non-hydrogen) atoms. The number of imidazole rings is 1. The maximum absolute atomic E-state index is 13.2. The number of ether oxygens (including phenoxy) is 3. The summed E-state index contributed by atoms with van der Waals surface area (Å²) in [7, 11) is -5.26. The van der Waals surface area contributed by atoms with Gasteiger partial charge in [0.15, 0.2) is 11.9 Å². The van der Waals surface area contributed by atoms with Crippen LogP contribution in [0.1, 0.15) is 142 Å². The molecule has 0 aliphatic carbocycles. The molecule has 1 aromatic heterocycles. The summed E-state index contributed by atoms with van der Waals surface area (Å²) < 4.78 is 31.9. The van der Waals surface area contributed by atoms with Crippen LogP contribution in [0.2, 0.25) is 0 Å². The number of phosphoric ester groups is 1. The summed E-state index contributed by atoms with van der Waals surface area (Å²) in [5, 5.41) is 27.6. The zero-order chi connectivity index (χ0) is 46.6. The van der Waals surface area contributed by atoms with E-state index in [1.807, 2.05) is 0 Å². The van der Waals surface area contributed by atoms with E-state index in [0.29, 0.717) is 31.5 Å². The molecule has 0 fully saturated rings. The number of carboxylic acid groups (broad SMARTS) is 1. The maximum Gasteiger partial charge on any atom is 0.525 e. The van der Waals surface area contributed by atoms with Crippen LogP contribution in [0, 0.1) is 0 Å². The van der Waals surface area contributed by atoms with Crippen molar-refractivity contribution < 1.29 is 72.1 Å². The number of nitrogens with two attached hydrogens (primary N) is 1. The first-order valence-electron chi connectivity index (χ1n) is 22.0. The topological polar surface area (TPSA) is 328 Å². The van der Waals surface area contributed by atoms with Crippen LogP contribution in [0.4, 0.5) is 0 Å². The lowest BCUT2D eigenvalue weighted by molar-refractivity contribution is -0.159. The predicted molar refractivity (Wildman–Crippen MR) is 227 cm³/mol. The Bertz CT molecular complexity index is 1640. The van der Waals surface area contributed by atoms with E-state index in [1.165, 1.54) is 77.2 Å². The molecule has 0 saturated heterocycles. The number of carbonyl (C=O) groups excluding carboxylic acids is 5. The van der Waals surface area contributed by atoms with Gasteiger partial charge in [0.25, 0.3) is 5.76 Å². The molecule has 22 heteroatoms. The van der Waals surface area contributed by atoms with Gasteiger partial charge in [-0.25, -0.2) is 19.1 Å². The van der Waals surface area contributed by atoms with Gasteiger partial charge >= 0.3 is 25.7 Å². The summed E-state index contributed by atoms with van der Waals surface area (Å²) in [6, 6.07) is -3.68. The second-order valence-corrected chi connectivity index (χ2v) is 16.8. The number of hydrogen-bond donors (Lipinski definition) is 9. The molecule has 1 aliphatic heterocycles. The normalized spacial score (nSPS) is 15.8. The maximum atomic E-state index is 13.2. The van der Waals surface area contributed by atoms with Crippen LogP contribution in [0.5, 0.6) is 0 Å². The number of nitrogens with one attached hydrogen (secondary N) is 4. The molecule has 2 rings (SSSR count). The first kappa shape index (κ1) is 54.6. The monoisotopic (exact) mass is 916 g/mol. The number of H-pyrrole nitrogens is 1. The average Bonchev–Trinajstić information content (AvgIpc) is 3.84. The van der Waals surface area contributed by atoms with Gasteiger partial charge in [-0.2, -0.15) is 0 Å². The lowest BCUT2D eigenvalue weighted by Crippen LogP contribution is -2.55. The first-order valence-corrected chi connectivity index (χ1v) is 23.6. The zero-order valence-electron chi connectivity index (χ0n) is 36.6. The van der Waals surface area contributed by atoms with Crippen molar-refractivity contribution in [2.24, 2.45) is 5.73 Å². The van der Waals surface area contributed by atoms with Crippen LogP contribution in [0.15, 0.2) is 24.0 Å². The molecule has 358 valence electrons. The average molecular weight is 917 g/mol. The molecule has 0 aromatic carbocycles. The van der Waals surface area contributed by atoms with Gasteiger partial charge in [-0.15, -0.1) is 0 Å². The molecule has 1 aromatic rings. The highest BCUT2D eigenvalue weighted by atomic mass is 31.2. The van der Waals surface area contributed by atoms with Crippen LogP contribution >= 0.6 is 7.82 Å². The number of hydrogen-bond acceptors (Lipinski definition) is 14. The molecular formula is C41H69N6O15P. The second kappa shape index (κ2) is 30.5. The van der Waals surface area contributed by atoms with E-state index in [4.69, 9.17) is 19.9 Å². The molecule has 5 unspecified atom stereocenters. The second-order valence-electron chi connectivity index (χ2n) is 15.6. The zero-order valence-corrected chi connectivity index (χ0v) is 37.5. The SMILES string of the molecule is CCCCCCCCCCCCCCCCOC(COC(=O)CCC(=O)NC(C)C(=O)NC(Cc1cnc[nH]1)C(=O)NC(CCCCN)C(=O)O)C1OC(=O)C(OP(=O)(O)O)=C1O. The number of aromatic amines is 1. The summed E-state index contributed by atoms with van der Waals surface area (Å²) >= 11 is 0.